The van der Waals surface area contributed by atoms with Crippen LogP contribution in [0, 0.1) is 6.92 Å². The Morgan fingerprint density at radius 3 is 2.47 bits per heavy atom. The topological polar surface area (TPSA) is 17.8 Å². The Morgan fingerprint density at radius 1 is 1.20 bits per heavy atom. The molecule has 0 N–H and O–H groups in total. The Hall–Kier alpha value is -1.31. The maximum absolute atomic E-state index is 4.35. The third-order valence-corrected chi connectivity index (χ3v) is 2.24. The number of benzene rings is 1. The Bertz CT molecular complexity index is 427. The van der Waals surface area contributed by atoms with E-state index in [1.807, 2.05) is 20.0 Å². The van der Waals surface area contributed by atoms with Crippen LogP contribution >= 0.6 is 0 Å². The highest BCUT2D eigenvalue weighted by atomic mass is 15.3. The van der Waals surface area contributed by atoms with Crippen molar-refractivity contribution in [2.75, 3.05) is 0 Å². The maximum atomic E-state index is 4.35. The smallest absolute Gasteiger partial charge is 0.0688 e. The van der Waals surface area contributed by atoms with Gasteiger partial charge in [-0.2, -0.15) is 5.10 Å². The number of hydrogen-bond donors (Lipinski definition) is 0. The molecule has 15 heavy (non-hydrogen) atoms. The molecule has 0 amide bonds. The lowest BCUT2D eigenvalue weighted by Gasteiger charge is -2.06. The average molecular weight is 204 g/mol. The number of aromatic nitrogens is 2. The van der Waals surface area contributed by atoms with Gasteiger partial charge in [-0.15, -0.1) is 0 Å². The molecule has 2 aromatic rings. The quantitative estimate of drug-likeness (QED) is 0.687. The van der Waals surface area contributed by atoms with Gasteiger partial charge in [-0.3, -0.25) is 4.68 Å². The van der Waals surface area contributed by atoms with Crippen LogP contribution in [0.5, 0.6) is 0 Å². The lowest BCUT2D eigenvalue weighted by Crippen LogP contribution is -2.01. The predicted octanol–water partition coefficient (Wildman–Crippen LogP) is 3.95. The summed E-state index contributed by atoms with van der Waals surface area (Å²) < 4.78 is 2.06. The molecule has 0 fully saturated rings. The zero-order chi connectivity index (χ0) is 11.4. The van der Waals surface area contributed by atoms with Crippen LogP contribution in [-0.2, 0) is 0 Å². The van der Waals surface area contributed by atoms with Gasteiger partial charge in [0.05, 0.1) is 11.7 Å². The van der Waals surface area contributed by atoms with E-state index in [0.717, 1.165) is 0 Å². The van der Waals surface area contributed by atoms with E-state index in [0.29, 0.717) is 6.04 Å². The summed E-state index contributed by atoms with van der Waals surface area (Å²) in [7, 11) is 0. The number of fused-ring (bicyclic) bond motifs is 1. The lowest BCUT2D eigenvalue weighted by molar-refractivity contribution is 0.551. The van der Waals surface area contributed by atoms with Crippen LogP contribution in [0.15, 0.2) is 24.4 Å². The summed E-state index contributed by atoms with van der Waals surface area (Å²) in [5.41, 5.74) is 2.52. The molecule has 0 unspecified atom stereocenters. The van der Waals surface area contributed by atoms with Crippen LogP contribution in [0.2, 0.25) is 0 Å². The van der Waals surface area contributed by atoms with Gasteiger partial charge in [0.1, 0.15) is 0 Å². The zero-order valence-electron chi connectivity index (χ0n) is 10.3. The Balaban J connectivity index is 0.000000531. The van der Waals surface area contributed by atoms with Crippen molar-refractivity contribution in [3.05, 3.63) is 30.0 Å². The van der Waals surface area contributed by atoms with Crippen molar-refractivity contribution >= 4 is 10.9 Å². The van der Waals surface area contributed by atoms with E-state index in [-0.39, 0.29) is 0 Å². The first-order valence-corrected chi connectivity index (χ1v) is 5.62. The second kappa shape index (κ2) is 4.96. The monoisotopic (exact) mass is 204 g/mol. The van der Waals surface area contributed by atoms with Gasteiger partial charge in [0.2, 0.25) is 0 Å². The van der Waals surface area contributed by atoms with Gasteiger partial charge in [0.15, 0.2) is 0 Å². The summed E-state index contributed by atoms with van der Waals surface area (Å²) in [5, 5.41) is 5.57. The van der Waals surface area contributed by atoms with Gasteiger partial charge in [0, 0.05) is 11.4 Å². The molecular weight excluding hydrogens is 184 g/mol. The van der Waals surface area contributed by atoms with E-state index in [9.17, 15) is 0 Å². The second-order valence-corrected chi connectivity index (χ2v) is 3.75. The van der Waals surface area contributed by atoms with Crippen molar-refractivity contribution in [1.82, 2.24) is 9.78 Å². The van der Waals surface area contributed by atoms with E-state index in [2.05, 4.69) is 48.8 Å². The summed E-state index contributed by atoms with van der Waals surface area (Å²) in [6.07, 6.45) is 1.93. The molecule has 0 spiro atoms. The fraction of sp³-hybridized carbons (Fsp3) is 0.462. The number of nitrogens with zero attached hydrogens (tertiary/aromatic N) is 2. The highest BCUT2D eigenvalue weighted by Gasteiger charge is 2.04. The van der Waals surface area contributed by atoms with Crippen LogP contribution in [0.1, 0.15) is 39.3 Å². The van der Waals surface area contributed by atoms with E-state index < -0.39 is 0 Å². The summed E-state index contributed by atoms with van der Waals surface area (Å²) in [5.74, 6) is 0. The molecule has 0 saturated heterocycles. The molecule has 1 aromatic heterocycles. The molecule has 1 aromatic carbocycles. The van der Waals surface area contributed by atoms with Crippen LogP contribution in [0.25, 0.3) is 10.9 Å². The average Bonchev–Trinajstić information content (AvgIpc) is 2.63. The van der Waals surface area contributed by atoms with Gasteiger partial charge in [-0.05, 0) is 32.4 Å². The van der Waals surface area contributed by atoms with Crippen LogP contribution in [-0.4, -0.2) is 9.78 Å². The summed E-state index contributed by atoms with van der Waals surface area (Å²) in [4.78, 5) is 0. The molecule has 0 bridgehead atoms. The Kier molecular flexibility index (Phi) is 3.89. The van der Waals surface area contributed by atoms with E-state index in [1.165, 1.54) is 16.5 Å². The minimum atomic E-state index is 0.430. The van der Waals surface area contributed by atoms with E-state index in [4.69, 9.17) is 0 Å². The lowest BCUT2D eigenvalue weighted by atomic mass is 10.2. The van der Waals surface area contributed by atoms with Crippen molar-refractivity contribution < 1.29 is 0 Å². The van der Waals surface area contributed by atoms with Gasteiger partial charge in [-0.1, -0.05) is 26.0 Å². The molecule has 0 atom stereocenters. The normalized spacial score (nSPS) is 10.3. The van der Waals surface area contributed by atoms with Crippen molar-refractivity contribution in [3.8, 4) is 0 Å². The van der Waals surface area contributed by atoms with Gasteiger partial charge < -0.3 is 0 Å². The number of rotatable bonds is 1. The number of aryl methyl sites for hydroxylation is 1. The van der Waals surface area contributed by atoms with Crippen LogP contribution in [0.3, 0.4) is 0 Å². The molecule has 2 rings (SSSR count). The fourth-order valence-electron chi connectivity index (χ4n) is 1.56. The molecule has 1 heterocycles. The summed E-state index contributed by atoms with van der Waals surface area (Å²) in [6, 6.07) is 6.85. The van der Waals surface area contributed by atoms with E-state index in [1.54, 1.807) is 0 Å². The minimum absolute atomic E-state index is 0.430. The minimum Gasteiger partial charge on any atom is -0.262 e. The first kappa shape index (κ1) is 11.8. The molecule has 0 aliphatic carbocycles. The van der Waals surface area contributed by atoms with Crippen molar-refractivity contribution in [1.29, 1.82) is 0 Å². The molecular formula is C13H20N2. The van der Waals surface area contributed by atoms with Crippen molar-refractivity contribution in [2.45, 2.75) is 40.7 Å². The van der Waals surface area contributed by atoms with Crippen molar-refractivity contribution in [2.24, 2.45) is 0 Å². The zero-order valence-corrected chi connectivity index (χ0v) is 10.3. The molecule has 82 valence electrons. The largest absolute Gasteiger partial charge is 0.262 e. The van der Waals surface area contributed by atoms with E-state index >= 15 is 0 Å². The van der Waals surface area contributed by atoms with Gasteiger partial charge in [-0.25, -0.2) is 0 Å². The highest BCUT2D eigenvalue weighted by molar-refractivity contribution is 5.79. The number of hydrogen-bond acceptors (Lipinski definition) is 1. The third kappa shape index (κ3) is 2.38. The fourth-order valence-corrected chi connectivity index (χ4v) is 1.56. The molecule has 0 radical (unpaired) electrons. The summed E-state index contributed by atoms with van der Waals surface area (Å²) in [6.45, 7) is 10.4. The molecule has 2 nitrogen and oxygen atoms in total. The standard InChI is InChI=1S/C11H14N2.C2H6/c1-8(2)13-11-6-9(3)4-5-10(11)7-12-13;1-2/h4-8H,1-3H3;1-2H3. The molecule has 0 aliphatic heterocycles. The molecule has 0 aliphatic rings. The van der Waals surface area contributed by atoms with Gasteiger partial charge >= 0.3 is 0 Å². The Morgan fingerprint density at radius 2 is 1.87 bits per heavy atom. The van der Waals surface area contributed by atoms with Crippen LogP contribution < -0.4 is 0 Å². The van der Waals surface area contributed by atoms with Crippen LogP contribution in [0.4, 0.5) is 0 Å². The second-order valence-electron chi connectivity index (χ2n) is 3.75. The highest BCUT2D eigenvalue weighted by Crippen LogP contribution is 2.18. The molecule has 2 heteroatoms. The predicted molar refractivity (Wildman–Crippen MR) is 66.2 cm³/mol. The maximum Gasteiger partial charge on any atom is 0.0688 e. The Labute approximate surface area is 91.9 Å². The first-order chi connectivity index (χ1) is 7.18. The molecule has 0 saturated carbocycles. The third-order valence-electron chi connectivity index (χ3n) is 2.24. The first-order valence-electron chi connectivity index (χ1n) is 5.62. The van der Waals surface area contributed by atoms with Gasteiger partial charge in [0.25, 0.3) is 0 Å². The SMILES string of the molecule is CC.Cc1ccc2cnn(C(C)C)c2c1. The van der Waals surface area contributed by atoms with Crippen molar-refractivity contribution in [3.63, 3.8) is 0 Å². The summed E-state index contributed by atoms with van der Waals surface area (Å²) >= 11 is 0.